The van der Waals surface area contributed by atoms with E-state index in [0.29, 0.717) is 26.1 Å². The van der Waals surface area contributed by atoms with Crippen LogP contribution >= 0.6 is 0 Å². The maximum atomic E-state index is 11.9. The Morgan fingerprint density at radius 2 is 0.625 bits per heavy atom. The van der Waals surface area contributed by atoms with Gasteiger partial charge in [-0.2, -0.15) is 0 Å². The number of carbonyl (C=O) groups is 2. The fourth-order valence-electron chi connectivity index (χ4n) is 5.19. The molecule has 0 aromatic rings. The summed E-state index contributed by atoms with van der Waals surface area (Å²) in [5.74, 6) is 1.52. The zero-order valence-electron chi connectivity index (χ0n) is 27.6. The lowest BCUT2D eigenvalue weighted by atomic mass is 10.0. The highest BCUT2D eigenvalue weighted by Crippen LogP contribution is 2.15. The molecule has 0 atom stereocenters. The molecule has 4 nitrogen and oxygen atoms in total. The third-order valence-corrected chi connectivity index (χ3v) is 7.89. The molecule has 0 saturated heterocycles. The minimum Gasteiger partial charge on any atom is -0.466 e. The van der Waals surface area contributed by atoms with Crippen LogP contribution in [0.5, 0.6) is 0 Å². The third-order valence-electron chi connectivity index (χ3n) is 7.89. The topological polar surface area (TPSA) is 52.6 Å². The molecular weight excluding hydrogens is 496 g/mol. The minimum absolute atomic E-state index is 0.0833. The van der Waals surface area contributed by atoms with E-state index >= 15 is 0 Å². The SMILES string of the molecule is CC(C)CCCCCCCCCCCCC(=O)OCCCCOC(=O)CCCCCCCCCCCCC(C)C. The molecule has 238 valence electrons. The first-order valence-electron chi connectivity index (χ1n) is 17.7. The van der Waals surface area contributed by atoms with Gasteiger partial charge in [-0.15, -0.1) is 0 Å². The number of esters is 2. The summed E-state index contributed by atoms with van der Waals surface area (Å²) in [6, 6.07) is 0. The molecule has 0 unspecified atom stereocenters. The molecule has 0 amide bonds. The van der Waals surface area contributed by atoms with Crippen LogP contribution in [0.15, 0.2) is 0 Å². The zero-order valence-corrected chi connectivity index (χ0v) is 27.6. The maximum absolute atomic E-state index is 11.9. The van der Waals surface area contributed by atoms with Gasteiger partial charge in [-0.1, -0.05) is 156 Å². The van der Waals surface area contributed by atoms with Crippen LogP contribution in [0.4, 0.5) is 0 Å². The highest BCUT2D eigenvalue weighted by molar-refractivity contribution is 5.69. The van der Waals surface area contributed by atoms with Crippen molar-refractivity contribution < 1.29 is 19.1 Å². The Kier molecular flexibility index (Phi) is 30.1. The van der Waals surface area contributed by atoms with Gasteiger partial charge in [0.1, 0.15) is 0 Å². The second-order valence-corrected chi connectivity index (χ2v) is 13.1. The van der Waals surface area contributed by atoms with Crippen LogP contribution in [0.25, 0.3) is 0 Å². The van der Waals surface area contributed by atoms with Crippen molar-refractivity contribution in [2.24, 2.45) is 11.8 Å². The predicted molar refractivity (Wildman–Crippen MR) is 172 cm³/mol. The summed E-state index contributed by atoms with van der Waals surface area (Å²) in [5, 5.41) is 0. The van der Waals surface area contributed by atoms with Crippen molar-refractivity contribution in [1.29, 1.82) is 0 Å². The molecule has 4 heteroatoms. The molecule has 0 aromatic heterocycles. The highest BCUT2D eigenvalue weighted by Gasteiger charge is 2.05. The van der Waals surface area contributed by atoms with E-state index in [0.717, 1.165) is 50.4 Å². The first-order valence-corrected chi connectivity index (χ1v) is 17.7. The van der Waals surface area contributed by atoms with Gasteiger partial charge in [0.25, 0.3) is 0 Å². The fourth-order valence-corrected chi connectivity index (χ4v) is 5.19. The molecule has 0 aliphatic heterocycles. The molecule has 0 spiro atoms. The lowest BCUT2D eigenvalue weighted by Crippen LogP contribution is -2.08. The van der Waals surface area contributed by atoms with Gasteiger partial charge in [-0.3, -0.25) is 9.59 Å². The molecule has 0 aliphatic carbocycles. The summed E-state index contributed by atoms with van der Waals surface area (Å²) in [7, 11) is 0. The van der Waals surface area contributed by atoms with Crippen LogP contribution in [-0.4, -0.2) is 25.2 Å². The number of rotatable bonds is 31. The smallest absolute Gasteiger partial charge is 0.305 e. The summed E-state index contributed by atoms with van der Waals surface area (Å²) in [6.45, 7) is 10.1. The van der Waals surface area contributed by atoms with E-state index in [4.69, 9.17) is 9.47 Å². The van der Waals surface area contributed by atoms with E-state index in [-0.39, 0.29) is 11.9 Å². The van der Waals surface area contributed by atoms with Crippen molar-refractivity contribution in [3.8, 4) is 0 Å². The molecule has 0 rings (SSSR count). The fraction of sp³-hybridized carbons (Fsp3) is 0.944. The van der Waals surface area contributed by atoms with Crippen LogP contribution in [0.3, 0.4) is 0 Å². The summed E-state index contributed by atoms with van der Waals surface area (Å²) >= 11 is 0. The molecule has 0 fully saturated rings. The Morgan fingerprint density at radius 1 is 0.375 bits per heavy atom. The van der Waals surface area contributed by atoms with E-state index in [2.05, 4.69) is 27.7 Å². The van der Waals surface area contributed by atoms with E-state index in [1.807, 2.05) is 0 Å². The quantitative estimate of drug-likeness (QED) is 0.0618. The van der Waals surface area contributed by atoms with Gasteiger partial charge in [0.15, 0.2) is 0 Å². The van der Waals surface area contributed by atoms with Crippen LogP contribution in [0, 0.1) is 11.8 Å². The number of hydrogen-bond acceptors (Lipinski definition) is 4. The molecule has 0 saturated carbocycles. The average molecular weight is 567 g/mol. The van der Waals surface area contributed by atoms with Crippen molar-refractivity contribution in [3.63, 3.8) is 0 Å². The standard InChI is InChI=1S/C36H70O4/c1-33(2)27-21-17-13-9-5-7-11-15-19-23-29-35(37)39-31-25-26-32-40-36(38)30-24-20-16-12-8-6-10-14-18-22-28-34(3)4/h33-34H,5-32H2,1-4H3. The maximum Gasteiger partial charge on any atom is 0.305 e. The highest BCUT2D eigenvalue weighted by atomic mass is 16.5. The van der Waals surface area contributed by atoms with Crippen LogP contribution < -0.4 is 0 Å². The summed E-state index contributed by atoms with van der Waals surface area (Å²) in [6.07, 6.45) is 31.0. The molecule has 0 bridgehead atoms. The zero-order chi connectivity index (χ0) is 29.5. The summed E-state index contributed by atoms with van der Waals surface area (Å²) in [4.78, 5) is 23.8. The number of unbranched alkanes of at least 4 members (excludes halogenated alkanes) is 19. The molecule has 0 heterocycles. The number of carbonyl (C=O) groups excluding carboxylic acids is 2. The Morgan fingerprint density at radius 3 is 0.900 bits per heavy atom. The molecular formula is C36H70O4. The van der Waals surface area contributed by atoms with Crippen molar-refractivity contribution in [2.45, 2.75) is 195 Å². The molecule has 0 aromatic carbocycles. The van der Waals surface area contributed by atoms with Crippen LogP contribution in [-0.2, 0) is 19.1 Å². The van der Waals surface area contributed by atoms with E-state index in [1.54, 1.807) is 0 Å². The van der Waals surface area contributed by atoms with E-state index in [1.165, 1.54) is 116 Å². The van der Waals surface area contributed by atoms with Gasteiger partial charge in [0.05, 0.1) is 13.2 Å². The van der Waals surface area contributed by atoms with Gasteiger partial charge < -0.3 is 9.47 Å². The minimum atomic E-state index is -0.0833. The molecule has 0 radical (unpaired) electrons. The molecule has 0 aliphatic rings. The third kappa shape index (κ3) is 33.1. The molecule has 40 heavy (non-hydrogen) atoms. The lowest BCUT2D eigenvalue weighted by molar-refractivity contribution is -0.146. The Balaban J connectivity index is 3.28. The van der Waals surface area contributed by atoms with Crippen molar-refractivity contribution >= 4 is 11.9 Å². The van der Waals surface area contributed by atoms with Crippen molar-refractivity contribution in [3.05, 3.63) is 0 Å². The van der Waals surface area contributed by atoms with Crippen molar-refractivity contribution in [1.82, 2.24) is 0 Å². The van der Waals surface area contributed by atoms with Gasteiger partial charge in [-0.25, -0.2) is 0 Å². The van der Waals surface area contributed by atoms with E-state index < -0.39 is 0 Å². The number of ether oxygens (including phenoxy) is 2. The number of hydrogen-bond donors (Lipinski definition) is 0. The van der Waals surface area contributed by atoms with Gasteiger partial charge in [0, 0.05) is 12.8 Å². The lowest BCUT2D eigenvalue weighted by Gasteiger charge is -2.07. The van der Waals surface area contributed by atoms with Crippen LogP contribution in [0.1, 0.15) is 195 Å². The first kappa shape index (κ1) is 38.9. The second-order valence-electron chi connectivity index (χ2n) is 13.1. The Labute approximate surface area is 250 Å². The van der Waals surface area contributed by atoms with Crippen LogP contribution in [0.2, 0.25) is 0 Å². The monoisotopic (exact) mass is 567 g/mol. The first-order chi connectivity index (χ1) is 19.4. The molecule has 0 N–H and O–H groups in total. The van der Waals surface area contributed by atoms with E-state index in [9.17, 15) is 9.59 Å². The summed E-state index contributed by atoms with van der Waals surface area (Å²) in [5.41, 5.74) is 0. The van der Waals surface area contributed by atoms with Crippen molar-refractivity contribution in [2.75, 3.05) is 13.2 Å². The van der Waals surface area contributed by atoms with Gasteiger partial charge >= 0.3 is 11.9 Å². The Bertz CT molecular complexity index is 495. The largest absolute Gasteiger partial charge is 0.466 e. The van der Waals surface area contributed by atoms with Gasteiger partial charge in [0.2, 0.25) is 0 Å². The normalized spacial score (nSPS) is 11.4. The summed E-state index contributed by atoms with van der Waals surface area (Å²) < 4.78 is 10.7. The second kappa shape index (κ2) is 30.9. The predicted octanol–water partition coefficient (Wildman–Crippen LogP) is 11.5. The average Bonchev–Trinajstić information content (AvgIpc) is 2.91. The van der Waals surface area contributed by atoms with Gasteiger partial charge in [-0.05, 0) is 37.5 Å². The Hall–Kier alpha value is -1.06.